The van der Waals surface area contributed by atoms with Crippen molar-refractivity contribution in [3.63, 3.8) is 0 Å². The molecule has 0 aromatic heterocycles. The lowest BCUT2D eigenvalue weighted by molar-refractivity contribution is -0.152. The topological polar surface area (TPSA) is 142 Å². The van der Waals surface area contributed by atoms with E-state index in [0.29, 0.717) is 0 Å². The average molecular weight is 352 g/mol. The molecule has 9 heteroatoms. The predicted molar refractivity (Wildman–Crippen MR) is 85.7 cm³/mol. The minimum absolute atomic E-state index is 0.00681. The van der Waals surface area contributed by atoms with Crippen LogP contribution in [0.3, 0.4) is 0 Å². The summed E-state index contributed by atoms with van der Waals surface area (Å²) in [5.74, 6) is -3.72. The zero-order valence-electron chi connectivity index (χ0n) is 13.8. The van der Waals surface area contributed by atoms with Gasteiger partial charge in [0, 0.05) is 0 Å². The van der Waals surface area contributed by atoms with E-state index < -0.39 is 41.9 Å². The number of hydrogen-bond acceptors (Lipinski definition) is 5. The van der Waals surface area contributed by atoms with Crippen LogP contribution < -0.4 is 10.6 Å². The van der Waals surface area contributed by atoms with Gasteiger partial charge in [-0.2, -0.15) is 0 Å². The van der Waals surface area contributed by atoms with Gasteiger partial charge in [-0.1, -0.05) is 30.3 Å². The number of carbonyl (C=O) groups is 4. The molecule has 1 unspecified atom stereocenters. The molecule has 0 fully saturated rings. The Kier molecular flexibility index (Phi) is 6.92. The largest absolute Gasteiger partial charge is 0.481 e. The molecule has 0 aliphatic heterocycles. The minimum Gasteiger partial charge on any atom is -0.481 e. The van der Waals surface area contributed by atoms with E-state index in [4.69, 9.17) is 14.9 Å². The number of benzene rings is 1. The standard InChI is InChI=1S/C16H20N2O7/c1-10(13(21)18-16(2,14(22)23)8-12(19)20)17-15(24)25-9-11-6-4-3-5-7-11/h3-7,10H,8-9H2,1-2H3,(H,17,24)(H,18,21)(H,19,20)(H,22,23)/t10?,16-/m1/s1. The fourth-order valence-electron chi connectivity index (χ4n) is 1.86. The zero-order valence-corrected chi connectivity index (χ0v) is 13.8. The second-order valence-corrected chi connectivity index (χ2v) is 5.62. The number of aliphatic carboxylic acids is 2. The number of ether oxygens (including phenoxy) is 1. The van der Waals surface area contributed by atoms with Crippen LogP contribution in [0.25, 0.3) is 0 Å². The van der Waals surface area contributed by atoms with Crippen molar-refractivity contribution >= 4 is 23.9 Å². The summed E-state index contributed by atoms with van der Waals surface area (Å²) in [6.45, 7) is 2.40. The number of amides is 2. The summed E-state index contributed by atoms with van der Waals surface area (Å²) >= 11 is 0. The van der Waals surface area contributed by atoms with Crippen molar-refractivity contribution in [3.05, 3.63) is 35.9 Å². The Morgan fingerprint density at radius 3 is 2.28 bits per heavy atom. The molecule has 0 heterocycles. The Labute approximate surface area is 144 Å². The molecule has 0 radical (unpaired) electrons. The molecular weight excluding hydrogens is 332 g/mol. The number of hydrogen-bond donors (Lipinski definition) is 4. The molecular formula is C16H20N2O7. The Morgan fingerprint density at radius 1 is 1.16 bits per heavy atom. The van der Waals surface area contributed by atoms with Gasteiger partial charge in [0.1, 0.15) is 18.2 Å². The SMILES string of the molecule is CC(NC(=O)OCc1ccccc1)C(=O)N[C@](C)(CC(=O)O)C(=O)O. The number of rotatable bonds is 8. The third-order valence-corrected chi connectivity index (χ3v) is 3.32. The lowest BCUT2D eigenvalue weighted by Crippen LogP contribution is -2.58. The third-order valence-electron chi connectivity index (χ3n) is 3.32. The first-order valence-electron chi connectivity index (χ1n) is 7.38. The van der Waals surface area contributed by atoms with E-state index in [1.54, 1.807) is 24.3 Å². The van der Waals surface area contributed by atoms with Crippen LogP contribution >= 0.6 is 0 Å². The zero-order chi connectivity index (χ0) is 19.0. The van der Waals surface area contributed by atoms with Gasteiger partial charge in [-0.25, -0.2) is 9.59 Å². The first-order valence-corrected chi connectivity index (χ1v) is 7.38. The Morgan fingerprint density at radius 2 is 1.76 bits per heavy atom. The van der Waals surface area contributed by atoms with E-state index in [-0.39, 0.29) is 6.61 Å². The highest BCUT2D eigenvalue weighted by Gasteiger charge is 2.38. The van der Waals surface area contributed by atoms with Gasteiger partial charge in [0.25, 0.3) is 0 Å². The summed E-state index contributed by atoms with van der Waals surface area (Å²) in [6, 6.07) is 7.77. The summed E-state index contributed by atoms with van der Waals surface area (Å²) in [5.41, 5.74) is -1.23. The van der Waals surface area contributed by atoms with Crippen LogP contribution in [0.2, 0.25) is 0 Å². The summed E-state index contributed by atoms with van der Waals surface area (Å²) in [5, 5.41) is 22.2. The number of carboxylic acids is 2. The summed E-state index contributed by atoms with van der Waals surface area (Å²) in [6.07, 6.45) is -1.67. The molecule has 0 aliphatic rings. The van der Waals surface area contributed by atoms with Gasteiger partial charge in [0.05, 0.1) is 6.42 Å². The van der Waals surface area contributed by atoms with Crippen molar-refractivity contribution in [2.75, 3.05) is 0 Å². The smallest absolute Gasteiger partial charge is 0.408 e. The van der Waals surface area contributed by atoms with Gasteiger partial charge in [-0.3, -0.25) is 9.59 Å². The van der Waals surface area contributed by atoms with Crippen molar-refractivity contribution in [2.45, 2.75) is 38.5 Å². The van der Waals surface area contributed by atoms with Gasteiger partial charge >= 0.3 is 18.0 Å². The molecule has 2 amide bonds. The van der Waals surface area contributed by atoms with Crippen molar-refractivity contribution in [1.82, 2.24) is 10.6 Å². The molecule has 0 saturated carbocycles. The summed E-state index contributed by atoms with van der Waals surface area (Å²) in [7, 11) is 0. The summed E-state index contributed by atoms with van der Waals surface area (Å²) in [4.78, 5) is 45.7. The maximum atomic E-state index is 12.0. The molecule has 0 aliphatic carbocycles. The van der Waals surface area contributed by atoms with Crippen molar-refractivity contribution in [1.29, 1.82) is 0 Å². The Balaban J connectivity index is 2.56. The molecule has 136 valence electrons. The quantitative estimate of drug-likeness (QED) is 0.540. The molecule has 0 bridgehead atoms. The van der Waals surface area contributed by atoms with Crippen LogP contribution in [0.4, 0.5) is 4.79 Å². The molecule has 4 N–H and O–H groups in total. The minimum atomic E-state index is -1.99. The second-order valence-electron chi connectivity index (χ2n) is 5.62. The van der Waals surface area contributed by atoms with E-state index in [1.807, 2.05) is 6.07 Å². The second kappa shape index (κ2) is 8.67. The molecule has 1 rings (SSSR count). The van der Waals surface area contributed by atoms with E-state index >= 15 is 0 Å². The maximum absolute atomic E-state index is 12.0. The Hall–Kier alpha value is -3.10. The van der Waals surface area contributed by atoms with Crippen LogP contribution in [0.5, 0.6) is 0 Å². The van der Waals surface area contributed by atoms with Crippen LogP contribution in [0, 0.1) is 0 Å². The van der Waals surface area contributed by atoms with Crippen LogP contribution in [0.15, 0.2) is 30.3 Å². The molecule has 1 aromatic carbocycles. The monoisotopic (exact) mass is 352 g/mol. The fraction of sp³-hybridized carbons (Fsp3) is 0.375. The first kappa shape index (κ1) is 19.9. The number of alkyl carbamates (subject to hydrolysis) is 1. The highest BCUT2D eigenvalue weighted by molar-refractivity contribution is 5.93. The lowest BCUT2D eigenvalue weighted by atomic mass is 9.97. The molecule has 1 aromatic rings. The van der Waals surface area contributed by atoms with Gasteiger partial charge in [0.2, 0.25) is 5.91 Å². The van der Waals surface area contributed by atoms with Crippen molar-refractivity contribution in [2.24, 2.45) is 0 Å². The van der Waals surface area contributed by atoms with E-state index in [1.165, 1.54) is 6.92 Å². The van der Waals surface area contributed by atoms with Crippen molar-refractivity contribution in [3.8, 4) is 0 Å². The van der Waals surface area contributed by atoms with E-state index in [9.17, 15) is 19.2 Å². The predicted octanol–water partition coefficient (Wildman–Crippen LogP) is 0.735. The lowest BCUT2D eigenvalue weighted by Gasteiger charge is -2.26. The first-order chi connectivity index (χ1) is 11.6. The summed E-state index contributed by atoms with van der Waals surface area (Å²) < 4.78 is 4.95. The third kappa shape index (κ3) is 6.50. The number of nitrogens with one attached hydrogen (secondary N) is 2. The molecule has 0 saturated heterocycles. The number of carboxylic acid groups (broad SMARTS) is 2. The molecule has 2 atom stereocenters. The molecule has 25 heavy (non-hydrogen) atoms. The maximum Gasteiger partial charge on any atom is 0.408 e. The van der Waals surface area contributed by atoms with Crippen molar-refractivity contribution < 1.29 is 34.1 Å². The molecule has 0 spiro atoms. The van der Waals surface area contributed by atoms with Crippen LogP contribution in [-0.4, -0.2) is 45.7 Å². The normalized spacial score (nSPS) is 13.8. The van der Waals surface area contributed by atoms with Gasteiger partial charge in [-0.05, 0) is 19.4 Å². The highest BCUT2D eigenvalue weighted by atomic mass is 16.5. The van der Waals surface area contributed by atoms with E-state index in [0.717, 1.165) is 12.5 Å². The van der Waals surface area contributed by atoms with Gasteiger partial charge < -0.3 is 25.6 Å². The average Bonchev–Trinajstić information content (AvgIpc) is 2.52. The Bertz CT molecular complexity index is 647. The van der Waals surface area contributed by atoms with Crippen LogP contribution in [0.1, 0.15) is 25.8 Å². The van der Waals surface area contributed by atoms with Gasteiger partial charge in [-0.15, -0.1) is 0 Å². The van der Waals surface area contributed by atoms with Gasteiger partial charge in [0.15, 0.2) is 0 Å². The highest BCUT2D eigenvalue weighted by Crippen LogP contribution is 2.10. The van der Waals surface area contributed by atoms with Crippen LogP contribution in [-0.2, 0) is 25.7 Å². The fourth-order valence-corrected chi connectivity index (χ4v) is 1.86. The molecule has 9 nitrogen and oxygen atoms in total. The van der Waals surface area contributed by atoms with E-state index in [2.05, 4.69) is 10.6 Å². The number of carbonyl (C=O) groups excluding carboxylic acids is 2.